The molecule has 1 fully saturated rings. The summed E-state index contributed by atoms with van der Waals surface area (Å²) in [5.41, 5.74) is 8.24. The van der Waals surface area contributed by atoms with Crippen molar-refractivity contribution >= 4 is 11.6 Å². The first-order chi connectivity index (χ1) is 10.1. The van der Waals surface area contributed by atoms with Gasteiger partial charge in [-0.3, -0.25) is 9.69 Å². The number of rotatable bonds is 5. The van der Waals surface area contributed by atoms with E-state index in [2.05, 4.69) is 24.0 Å². The predicted molar refractivity (Wildman–Crippen MR) is 85.3 cm³/mol. The van der Waals surface area contributed by atoms with E-state index in [0.29, 0.717) is 25.0 Å². The van der Waals surface area contributed by atoms with Crippen LogP contribution in [0.15, 0.2) is 24.3 Å². The number of nitrogens with zero attached hydrogens (tertiary/aromatic N) is 2. The van der Waals surface area contributed by atoms with E-state index in [9.17, 15) is 4.79 Å². The van der Waals surface area contributed by atoms with Gasteiger partial charge < -0.3 is 10.6 Å². The molecule has 0 aromatic heterocycles. The average Bonchev–Trinajstić information content (AvgIpc) is 3.20. The van der Waals surface area contributed by atoms with Gasteiger partial charge >= 0.3 is 0 Å². The number of benzene rings is 1. The third-order valence-electron chi connectivity index (χ3n) is 4.83. The number of hydrogen-bond acceptors (Lipinski definition) is 3. The summed E-state index contributed by atoms with van der Waals surface area (Å²) in [6, 6.07) is 8.83. The summed E-state index contributed by atoms with van der Waals surface area (Å²) in [6.45, 7) is 3.22. The molecule has 114 valence electrons. The second-order valence-corrected chi connectivity index (χ2v) is 6.50. The summed E-state index contributed by atoms with van der Waals surface area (Å²) < 4.78 is 0. The predicted octanol–water partition coefficient (Wildman–Crippen LogP) is 1.63. The monoisotopic (exact) mass is 287 g/mol. The molecule has 1 aliphatic heterocycles. The van der Waals surface area contributed by atoms with Crippen LogP contribution in [0.25, 0.3) is 0 Å². The quantitative estimate of drug-likeness (QED) is 0.895. The van der Waals surface area contributed by atoms with Crippen LogP contribution < -0.4 is 10.6 Å². The highest BCUT2D eigenvalue weighted by atomic mass is 16.2. The maximum Gasteiger partial charge on any atom is 0.241 e. The molecule has 0 bridgehead atoms. The molecule has 4 nitrogen and oxygen atoms in total. The van der Waals surface area contributed by atoms with Crippen molar-refractivity contribution in [2.24, 2.45) is 11.7 Å². The lowest BCUT2D eigenvalue weighted by atomic mass is 10.1. The zero-order valence-electron chi connectivity index (χ0n) is 13.0. The molecule has 0 saturated heterocycles. The zero-order valence-corrected chi connectivity index (χ0v) is 13.0. The molecular weight excluding hydrogens is 262 g/mol. The van der Waals surface area contributed by atoms with E-state index in [1.807, 2.05) is 24.1 Å². The number of fused-ring (bicyclic) bond motifs is 1. The molecule has 0 radical (unpaired) electrons. The van der Waals surface area contributed by atoms with Gasteiger partial charge in [-0.05, 0) is 50.8 Å². The number of para-hydroxylation sites is 1. The van der Waals surface area contributed by atoms with Gasteiger partial charge in [0.1, 0.15) is 0 Å². The molecule has 1 amide bonds. The summed E-state index contributed by atoms with van der Waals surface area (Å²) in [6.07, 6.45) is 3.46. The zero-order chi connectivity index (χ0) is 15.0. The van der Waals surface area contributed by atoms with Gasteiger partial charge in [-0.15, -0.1) is 0 Å². The fourth-order valence-corrected chi connectivity index (χ4v) is 3.57. The van der Waals surface area contributed by atoms with E-state index in [4.69, 9.17) is 5.73 Å². The molecule has 1 heterocycles. The summed E-state index contributed by atoms with van der Waals surface area (Å²) >= 11 is 0. The van der Waals surface area contributed by atoms with Crippen molar-refractivity contribution in [1.82, 2.24) is 4.90 Å². The van der Waals surface area contributed by atoms with Gasteiger partial charge in [-0.2, -0.15) is 0 Å². The Balaban J connectivity index is 1.70. The molecule has 3 rings (SSSR count). The highest BCUT2D eigenvalue weighted by Crippen LogP contribution is 2.35. The van der Waals surface area contributed by atoms with Crippen LogP contribution in [-0.2, 0) is 11.2 Å². The Bertz CT molecular complexity index is 527. The largest absolute Gasteiger partial charge is 0.329 e. The van der Waals surface area contributed by atoms with Crippen molar-refractivity contribution in [3.8, 4) is 0 Å². The van der Waals surface area contributed by atoms with Gasteiger partial charge in [0.15, 0.2) is 0 Å². The van der Waals surface area contributed by atoms with Crippen LogP contribution in [0.5, 0.6) is 0 Å². The van der Waals surface area contributed by atoms with Crippen molar-refractivity contribution < 1.29 is 4.79 Å². The van der Waals surface area contributed by atoms with E-state index in [1.54, 1.807) is 0 Å². The van der Waals surface area contributed by atoms with E-state index >= 15 is 0 Å². The Morgan fingerprint density at radius 1 is 1.43 bits per heavy atom. The van der Waals surface area contributed by atoms with Crippen LogP contribution in [0, 0.1) is 5.92 Å². The van der Waals surface area contributed by atoms with Crippen LogP contribution in [0.3, 0.4) is 0 Å². The van der Waals surface area contributed by atoms with E-state index < -0.39 is 0 Å². The number of likely N-dealkylation sites (N-methyl/N-ethyl adjacent to an activating group) is 1. The summed E-state index contributed by atoms with van der Waals surface area (Å²) in [4.78, 5) is 16.8. The van der Waals surface area contributed by atoms with E-state index in [0.717, 1.165) is 12.1 Å². The number of nitrogens with two attached hydrogens (primary N) is 1. The SMILES string of the molecule is CC1Cc2ccccc2N1C(=O)CN(C)C(CN)C1CC1. The summed E-state index contributed by atoms with van der Waals surface area (Å²) in [5, 5.41) is 0. The van der Waals surface area contributed by atoms with Gasteiger partial charge in [0.25, 0.3) is 0 Å². The number of carbonyl (C=O) groups is 1. The number of carbonyl (C=O) groups excluding carboxylic acids is 1. The molecule has 4 heteroatoms. The minimum absolute atomic E-state index is 0.189. The Hall–Kier alpha value is -1.39. The van der Waals surface area contributed by atoms with E-state index in [1.165, 1.54) is 18.4 Å². The molecule has 2 atom stereocenters. The maximum atomic E-state index is 12.7. The second-order valence-electron chi connectivity index (χ2n) is 6.50. The normalized spacial score (nSPS) is 22.5. The van der Waals surface area contributed by atoms with Crippen LogP contribution >= 0.6 is 0 Å². The molecule has 1 aliphatic carbocycles. The van der Waals surface area contributed by atoms with Crippen molar-refractivity contribution in [1.29, 1.82) is 0 Å². The third kappa shape index (κ3) is 2.83. The second kappa shape index (κ2) is 5.78. The number of hydrogen-bond donors (Lipinski definition) is 1. The molecule has 2 N–H and O–H groups in total. The Labute approximate surface area is 126 Å². The van der Waals surface area contributed by atoms with Crippen molar-refractivity contribution in [3.05, 3.63) is 29.8 Å². The van der Waals surface area contributed by atoms with Crippen molar-refractivity contribution in [2.45, 2.75) is 38.3 Å². The van der Waals surface area contributed by atoms with Gasteiger partial charge in [-0.25, -0.2) is 0 Å². The Kier molecular flexibility index (Phi) is 4.00. The summed E-state index contributed by atoms with van der Waals surface area (Å²) in [5.74, 6) is 0.880. The summed E-state index contributed by atoms with van der Waals surface area (Å²) in [7, 11) is 2.03. The minimum atomic E-state index is 0.189. The maximum absolute atomic E-state index is 12.7. The molecule has 1 saturated carbocycles. The van der Waals surface area contributed by atoms with Gasteiger partial charge in [-0.1, -0.05) is 18.2 Å². The molecule has 21 heavy (non-hydrogen) atoms. The first kappa shape index (κ1) is 14.5. The van der Waals surface area contributed by atoms with Gasteiger partial charge in [0.2, 0.25) is 5.91 Å². The van der Waals surface area contributed by atoms with Crippen LogP contribution in [0.1, 0.15) is 25.3 Å². The van der Waals surface area contributed by atoms with Crippen molar-refractivity contribution in [2.75, 3.05) is 25.0 Å². The molecule has 2 aliphatic rings. The van der Waals surface area contributed by atoms with Crippen LogP contribution in [0.2, 0.25) is 0 Å². The Morgan fingerprint density at radius 2 is 2.14 bits per heavy atom. The molecular formula is C17H25N3O. The first-order valence-corrected chi connectivity index (χ1v) is 7.92. The van der Waals surface area contributed by atoms with E-state index in [-0.39, 0.29) is 11.9 Å². The lowest BCUT2D eigenvalue weighted by molar-refractivity contribution is -0.120. The number of amides is 1. The highest BCUT2D eigenvalue weighted by Gasteiger charge is 2.36. The molecule has 1 aromatic carbocycles. The molecule has 0 spiro atoms. The first-order valence-electron chi connectivity index (χ1n) is 7.92. The average molecular weight is 287 g/mol. The van der Waals surface area contributed by atoms with Crippen LogP contribution in [-0.4, -0.2) is 43.0 Å². The highest BCUT2D eigenvalue weighted by molar-refractivity contribution is 5.97. The topological polar surface area (TPSA) is 49.6 Å². The third-order valence-corrected chi connectivity index (χ3v) is 4.83. The number of anilines is 1. The fraction of sp³-hybridized carbons (Fsp3) is 0.588. The standard InChI is InChI=1S/C17H25N3O/c1-12-9-14-5-3-4-6-15(14)20(12)17(21)11-19(2)16(10-18)13-7-8-13/h3-6,12-13,16H,7-11,18H2,1-2H3. The smallest absolute Gasteiger partial charge is 0.241 e. The Morgan fingerprint density at radius 3 is 2.81 bits per heavy atom. The lowest BCUT2D eigenvalue weighted by Crippen LogP contribution is -2.47. The van der Waals surface area contributed by atoms with Crippen LogP contribution in [0.4, 0.5) is 5.69 Å². The fourth-order valence-electron chi connectivity index (χ4n) is 3.57. The van der Waals surface area contributed by atoms with Crippen molar-refractivity contribution in [3.63, 3.8) is 0 Å². The minimum Gasteiger partial charge on any atom is -0.329 e. The van der Waals surface area contributed by atoms with Gasteiger partial charge in [0.05, 0.1) is 6.54 Å². The molecule has 2 unspecified atom stereocenters. The lowest BCUT2D eigenvalue weighted by Gasteiger charge is -2.30. The van der Waals surface area contributed by atoms with Gasteiger partial charge in [0, 0.05) is 24.3 Å². The molecule has 1 aromatic rings.